The van der Waals surface area contributed by atoms with E-state index in [1.165, 1.54) is 18.2 Å². The van der Waals surface area contributed by atoms with E-state index in [0.29, 0.717) is 17.7 Å². The molecule has 0 spiro atoms. The molecule has 116 valence electrons. The Labute approximate surface area is 125 Å². The van der Waals surface area contributed by atoms with Crippen LogP contribution in [-0.2, 0) is 17.5 Å². The lowest BCUT2D eigenvalue weighted by Gasteiger charge is -2.08. The van der Waals surface area contributed by atoms with Crippen molar-refractivity contribution in [1.82, 2.24) is 15.5 Å². The van der Waals surface area contributed by atoms with Crippen molar-refractivity contribution in [3.8, 4) is 0 Å². The number of alkyl halides is 3. The monoisotopic (exact) mass is 309 g/mol. The van der Waals surface area contributed by atoms with Crippen molar-refractivity contribution in [1.29, 1.82) is 0 Å². The fraction of sp³-hybridized carbons (Fsp3) is 0.200. The van der Waals surface area contributed by atoms with E-state index in [0.717, 1.165) is 17.8 Å². The van der Waals surface area contributed by atoms with Crippen molar-refractivity contribution < 1.29 is 18.0 Å². The van der Waals surface area contributed by atoms with Gasteiger partial charge in [-0.2, -0.15) is 18.3 Å². The topological polar surface area (TPSA) is 57.8 Å². The quantitative estimate of drug-likeness (QED) is 0.852. The average Bonchev–Trinajstić information content (AvgIpc) is 2.97. The van der Waals surface area contributed by atoms with Gasteiger partial charge in [-0.25, -0.2) is 0 Å². The normalized spacial score (nSPS) is 12.3. The van der Waals surface area contributed by atoms with Crippen LogP contribution in [0.1, 0.15) is 23.7 Å². The summed E-state index contributed by atoms with van der Waals surface area (Å²) in [6, 6.07) is 6.41. The molecular weight excluding hydrogens is 295 g/mol. The number of rotatable bonds is 4. The number of nitrogens with zero attached hydrogens (tertiary/aromatic N) is 1. The molecule has 0 fully saturated rings. The third-order valence-electron chi connectivity index (χ3n) is 3.03. The molecule has 22 heavy (non-hydrogen) atoms. The molecule has 1 amide bonds. The first-order valence-electron chi connectivity index (χ1n) is 6.48. The molecule has 7 heteroatoms. The highest BCUT2D eigenvalue weighted by atomic mass is 19.4. The highest BCUT2D eigenvalue weighted by molar-refractivity contribution is 5.94. The van der Waals surface area contributed by atoms with Gasteiger partial charge >= 0.3 is 6.18 Å². The third-order valence-corrected chi connectivity index (χ3v) is 3.03. The molecule has 0 saturated heterocycles. The zero-order chi connectivity index (χ0) is 16.2. The lowest BCUT2D eigenvalue weighted by Crippen LogP contribution is -2.20. The molecule has 0 unspecified atom stereocenters. The van der Waals surface area contributed by atoms with Gasteiger partial charge in [0.2, 0.25) is 5.91 Å². The molecule has 0 aliphatic carbocycles. The minimum absolute atomic E-state index is 0.301. The zero-order valence-electron chi connectivity index (χ0n) is 11.7. The number of aromatic nitrogens is 2. The van der Waals surface area contributed by atoms with Crippen LogP contribution in [0.15, 0.2) is 42.6 Å². The van der Waals surface area contributed by atoms with Crippen LogP contribution < -0.4 is 5.32 Å². The van der Waals surface area contributed by atoms with Gasteiger partial charge in [-0.3, -0.25) is 9.89 Å². The van der Waals surface area contributed by atoms with Gasteiger partial charge in [0.15, 0.2) is 0 Å². The van der Waals surface area contributed by atoms with E-state index in [2.05, 4.69) is 15.5 Å². The zero-order valence-corrected chi connectivity index (χ0v) is 11.7. The van der Waals surface area contributed by atoms with Gasteiger partial charge in [0.1, 0.15) is 0 Å². The van der Waals surface area contributed by atoms with Crippen LogP contribution >= 0.6 is 0 Å². The molecule has 0 radical (unpaired) electrons. The number of H-pyrrole nitrogens is 1. The van der Waals surface area contributed by atoms with Crippen LogP contribution in [-0.4, -0.2) is 16.1 Å². The Morgan fingerprint density at radius 1 is 1.27 bits per heavy atom. The van der Waals surface area contributed by atoms with Gasteiger partial charge < -0.3 is 5.32 Å². The van der Waals surface area contributed by atoms with Gasteiger partial charge in [0, 0.05) is 12.3 Å². The van der Waals surface area contributed by atoms with E-state index in [1.54, 1.807) is 19.2 Å². The first-order valence-corrected chi connectivity index (χ1v) is 6.48. The van der Waals surface area contributed by atoms with Gasteiger partial charge in [-0.1, -0.05) is 12.1 Å². The molecule has 1 heterocycles. The summed E-state index contributed by atoms with van der Waals surface area (Å²) in [5, 5.41) is 9.11. The first-order chi connectivity index (χ1) is 10.4. The van der Waals surface area contributed by atoms with Crippen molar-refractivity contribution in [2.75, 3.05) is 0 Å². The minimum atomic E-state index is -4.36. The smallest absolute Gasteiger partial charge is 0.347 e. The van der Waals surface area contributed by atoms with Gasteiger partial charge in [-0.15, -0.1) is 0 Å². The van der Waals surface area contributed by atoms with E-state index in [9.17, 15) is 18.0 Å². The van der Waals surface area contributed by atoms with Crippen LogP contribution in [0.3, 0.4) is 0 Å². The second kappa shape index (κ2) is 6.46. The Morgan fingerprint density at radius 2 is 1.95 bits per heavy atom. The standard InChI is InChI=1S/C15H14F3N3O/c1-10(8-14(22)19-9-13-6-7-20-21-13)11-2-4-12(5-3-11)15(16,17)18/h2-8H,9H2,1H3,(H,19,22)(H,20,21)/b10-8-. The molecule has 1 aromatic heterocycles. The lowest BCUT2D eigenvalue weighted by molar-refractivity contribution is -0.137. The van der Waals surface area contributed by atoms with Crippen molar-refractivity contribution >= 4 is 11.5 Å². The molecule has 2 aromatic rings. The highest BCUT2D eigenvalue weighted by Gasteiger charge is 2.29. The molecule has 2 N–H and O–H groups in total. The Hall–Kier alpha value is -2.57. The van der Waals surface area contributed by atoms with Crippen molar-refractivity contribution in [3.63, 3.8) is 0 Å². The maximum Gasteiger partial charge on any atom is 0.416 e. The number of allylic oxidation sites excluding steroid dienone is 1. The summed E-state index contributed by atoms with van der Waals surface area (Å²) in [6.07, 6.45) is -1.44. The molecule has 0 atom stereocenters. The van der Waals surface area contributed by atoms with Crippen molar-refractivity contribution in [3.05, 3.63) is 59.4 Å². The largest absolute Gasteiger partial charge is 0.416 e. The Balaban J connectivity index is 2.00. The number of carbonyl (C=O) groups excluding carboxylic acids is 1. The molecule has 0 aliphatic rings. The average molecular weight is 309 g/mol. The number of benzene rings is 1. The maximum atomic E-state index is 12.5. The third kappa shape index (κ3) is 4.21. The molecule has 4 nitrogen and oxygen atoms in total. The number of nitrogens with one attached hydrogen (secondary N) is 2. The predicted octanol–water partition coefficient (Wildman–Crippen LogP) is 3.15. The van der Waals surface area contributed by atoms with E-state index < -0.39 is 11.7 Å². The summed E-state index contributed by atoms with van der Waals surface area (Å²) in [7, 11) is 0. The second-order valence-electron chi connectivity index (χ2n) is 4.70. The summed E-state index contributed by atoms with van der Waals surface area (Å²) in [5.41, 5.74) is 1.18. The van der Waals surface area contributed by atoms with E-state index >= 15 is 0 Å². The first kappa shape index (κ1) is 15.8. The van der Waals surface area contributed by atoms with E-state index in [4.69, 9.17) is 0 Å². The number of aromatic amines is 1. The number of hydrogen-bond acceptors (Lipinski definition) is 2. The summed E-state index contributed by atoms with van der Waals surface area (Å²) in [5.74, 6) is -0.327. The summed E-state index contributed by atoms with van der Waals surface area (Å²) in [6.45, 7) is 1.97. The molecule has 0 bridgehead atoms. The summed E-state index contributed by atoms with van der Waals surface area (Å²) < 4.78 is 37.4. The Bertz CT molecular complexity index is 658. The van der Waals surface area contributed by atoms with Gasteiger partial charge in [-0.05, 0) is 36.3 Å². The van der Waals surface area contributed by atoms with Gasteiger partial charge in [0.05, 0.1) is 17.8 Å². The van der Waals surface area contributed by atoms with E-state index in [1.807, 2.05) is 0 Å². The van der Waals surface area contributed by atoms with E-state index in [-0.39, 0.29) is 5.91 Å². The van der Waals surface area contributed by atoms with Crippen LogP contribution in [0.5, 0.6) is 0 Å². The van der Waals surface area contributed by atoms with Crippen molar-refractivity contribution in [2.45, 2.75) is 19.6 Å². The van der Waals surface area contributed by atoms with Crippen LogP contribution in [0.2, 0.25) is 0 Å². The number of hydrogen-bond donors (Lipinski definition) is 2. The van der Waals surface area contributed by atoms with Crippen LogP contribution in [0, 0.1) is 0 Å². The predicted molar refractivity (Wildman–Crippen MR) is 75.5 cm³/mol. The fourth-order valence-electron chi connectivity index (χ4n) is 1.82. The lowest BCUT2D eigenvalue weighted by atomic mass is 10.0. The van der Waals surface area contributed by atoms with Crippen molar-refractivity contribution in [2.24, 2.45) is 0 Å². The second-order valence-corrected chi connectivity index (χ2v) is 4.70. The summed E-state index contributed by atoms with van der Waals surface area (Å²) in [4.78, 5) is 11.7. The molecule has 0 saturated carbocycles. The van der Waals surface area contributed by atoms with Gasteiger partial charge in [0.25, 0.3) is 0 Å². The van der Waals surface area contributed by atoms with Crippen LogP contribution in [0.4, 0.5) is 13.2 Å². The number of halogens is 3. The Morgan fingerprint density at radius 3 is 2.50 bits per heavy atom. The molecule has 0 aliphatic heterocycles. The fourth-order valence-corrected chi connectivity index (χ4v) is 1.82. The Kier molecular flexibility index (Phi) is 4.65. The highest BCUT2D eigenvalue weighted by Crippen LogP contribution is 2.29. The molecular formula is C15H14F3N3O. The molecule has 1 aromatic carbocycles. The number of amides is 1. The number of carbonyl (C=O) groups is 1. The van der Waals surface area contributed by atoms with Crippen LogP contribution in [0.25, 0.3) is 5.57 Å². The SMILES string of the molecule is C/C(=C/C(=O)NCc1ccn[nH]1)c1ccc(C(F)(F)F)cc1. The molecule has 2 rings (SSSR count). The minimum Gasteiger partial charge on any atom is -0.347 e. The summed E-state index contributed by atoms with van der Waals surface area (Å²) >= 11 is 0. The maximum absolute atomic E-state index is 12.5.